The summed E-state index contributed by atoms with van der Waals surface area (Å²) in [5.74, 6) is 1.48. The van der Waals surface area contributed by atoms with Gasteiger partial charge < -0.3 is 19.8 Å². The molecule has 2 heterocycles. The van der Waals surface area contributed by atoms with Gasteiger partial charge in [-0.1, -0.05) is 24.3 Å². The monoisotopic (exact) mass is 410 g/mol. The van der Waals surface area contributed by atoms with Crippen molar-refractivity contribution >= 4 is 33.4 Å². The Balaban J connectivity index is 1.46. The van der Waals surface area contributed by atoms with E-state index < -0.39 is 0 Å². The molecule has 0 atom stereocenters. The van der Waals surface area contributed by atoms with Gasteiger partial charge in [0.25, 0.3) is 5.91 Å². The van der Waals surface area contributed by atoms with Crippen LogP contribution in [0.4, 0.5) is 5.69 Å². The summed E-state index contributed by atoms with van der Waals surface area (Å²) in [5, 5.41) is 5.42. The third kappa shape index (κ3) is 3.53. The molecule has 2 N–H and O–H groups in total. The summed E-state index contributed by atoms with van der Waals surface area (Å²) >= 11 is 0. The fourth-order valence-corrected chi connectivity index (χ4v) is 3.50. The zero-order chi connectivity index (χ0) is 21.2. The first-order valence-corrected chi connectivity index (χ1v) is 9.66. The molecule has 5 aromatic rings. The summed E-state index contributed by atoms with van der Waals surface area (Å²) in [6, 6.07) is 20.3. The molecule has 0 aliphatic carbocycles. The van der Waals surface area contributed by atoms with Crippen LogP contribution in [0.25, 0.3) is 21.8 Å². The zero-order valence-electron chi connectivity index (χ0n) is 16.6. The number of benzene rings is 3. The standard InChI is InChI=1S/C24H18N4O3/c1-30-21-8-3-2-7-20(21)28-23(29)18-6-4-5-15-13-16(9-10-17(15)18)31-24-19-11-12-25-22(19)26-14-27-24/h2-14H,1H3,(H,28,29)(H,25,26,27). The summed E-state index contributed by atoms with van der Waals surface area (Å²) in [7, 11) is 1.57. The van der Waals surface area contributed by atoms with E-state index in [2.05, 4.69) is 20.3 Å². The van der Waals surface area contributed by atoms with E-state index in [1.165, 1.54) is 6.33 Å². The van der Waals surface area contributed by atoms with Gasteiger partial charge in [0.05, 0.1) is 18.2 Å². The number of rotatable bonds is 5. The molecular weight excluding hydrogens is 392 g/mol. The predicted octanol–water partition coefficient (Wildman–Crippen LogP) is 5.16. The first kappa shape index (κ1) is 18.6. The molecule has 2 aromatic heterocycles. The third-order valence-electron chi connectivity index (χ3n) is 4.98. The van der Waals surface area contributed by atoms with Gasteiger partial charge in [-0.05, 0) is 53.2 Å². The maximum absolute atomic E-state index is 13.0. The van der Waals surface area contributed by atoms with Gasteiger partial charge >= 0.3 is 0 Å². The Morgan fingerprint density at radius 2 is 1.87 bits per heavy atom. The summed E-state index contributed by atoms with van der Waals surface area (Å²) in [5.41, 5.74) is 1.89. The minimum absolute atomic E-state index is 0.214. The van der Waals surface area contributed by atoms with E-state index in [1.54, 1.807) is 31.5 Å². The van der Waals surface area contributed by atoms with Crippen LogP contribution in [0, 0.1) is 0 Å². The number of nitrogens with one attached hydrogen (secondary N) is 2. The third-order valence-corrected chi connectivity index (χ3v) is 4.98. The van der Waals surface area contributed by atoms with E-state index in [4.69, 9.17) is 9.47 Å². The van der Waals surface area contributed by atoms with Crippen LogP contribution in [0.1, 0.15) is 10.4 Å². The molecule has 31 heavy (non-hydrogen) atoms. The molecule has 152 valence electrons. The molecule has 7 heteroatoms. The smallest absolute Gasteiger partial charge is 0.256 e. The summed E-state index contributed by atoms with van der Waals surface area (Å²) in [6.07, 6.45) is 3.24. The highest BCUT2D eigenvalue weighted by Crippen LogP contribution is 2.30. The molecule has 0 radical (unpaired) electrons. The Morgan fingerprint density at radius 1 is 0.968 bits per heavy atom. The topological polar surface area (TPSA) is 89.1 Å². The molecule has 5 rings (SSSR count). The average Bonchev–Trinajstić information content (AvgIpc) is 3.29. The maximum atomic E-state index is 13.0. The maximum Gasteiger partial charge on any atom is 0.256 e. The second-order valence-electron chi connectivity index (χ2n) is 6.86. The SMILES string of the molecule is COc1ccccc1NC(=O)c1cccc2cc(Oc3ncnc4[nH]ccc34)ccc12. The largest absolute Gasteiger partial charge is 0.495 e. The van der Waals surface area contributed by atoms with Gasteiger partial charge in [0, 0.05) is 11.8 Å². The highest BCUT2D eigenvalue weighted by atomic mass is 16.5. The molecule has 7 nitrogen and oxygen atoms in total. The number of hydrogen-bond acceptors (Lipinski definition) is 5. The molecule has 0 saturated carbocycles. The fourth-order valence-electron chi connectivity index (χ4n) is 3.50. The van der Waals surface area contributed by atoms with E-state index in [9.17, 15) is 4.79 Å². The van der Waals surface area contributed by atoms with Gasteiger partial charge in [-0.2, -0.15) is 0 Å². The number of hydrogen-bond donors (Lipinski definition) is 2. The number of para-hydroxylation sites is 2. The minimum Gasteiger partial charge on any atom is -0.495 e. The highest BCUT2D eigenvalue weighted by molar-refractivity contribution is 6.13. The van der Waals surface area contributed by atoms with E-state index in [0.717, 1.165) is 16.2 Å². The van der Waals surface area contributed by atoms with Gasteiger partial charge in [0.1, 0.15) is 23.5 Å². The molecule has 0 saturated heterocycles. The average molecular weight is 410 g/mol. The normalized spacial score (nSPS) is 10.9. The summed E-state index contributed by atoms with van der Waals surface area (Å²) in [6.45, 7) is 0. The molecule has 0 bridgehead atoms. The second kappa shape index (κ2) is 7.79. The Bertz CT molecular complexity index is 1410. The summed E-state index contributed by atoms with van der Waals surface area (Å²) < 4.78 is 11.3. The van der Waals surface area contributed by atoms with Crippen molar-refractivity contribution < 1.29 is 14.3 Å². The predicted molar refractivity (Wildman–Crippen MR) is 119 cm³/mol. The van der Waals surface area contributed by atoms with E-state index in [-0.39, 0.29) is 5.91 Å². The number of methoxy groups -OCH3 is 1. The molecule has 0 fully saturated rings. The molecule has 0 aliphatic heterocycles. The lowest BCUT2D eigenvalue weighted by molar-refractivity contribution is 0.102. The van der Waals surface area contributed by atoms with Crippen LogP contribution in [0.15, 0.2) is 79.3 Å². The van der Waals surface area contributed by atoms with Crippen molar-refractivity contribution in [3.63, 3.8) is 0 Å². The zero-order valence-corrected chi connectivity index (χ0v) is 16.6. The Kier molecular flexibility index (Phi) is 4.68. The van der Waals surface area contributed by atoms with Crippen molar-refractivity contribution in [2.24, 2.45) is 0 Å². The van der Waals surface area contributed by atoms with Crippen molar-refractivity contribution in [1.82, 2.24) is 15.0 Å². The number of amides is 1. The van der Waals surface area contributed by atoms with Crippen molar-refractivity contribution in [3.05, 3.63) is 84.8 Å². The molecule has 1 amide bonds. The van der Waals surface area contributed by atoms with Gasteiger partial charge in [0.2, 0.25) is 5.88 Å². The summed E-state index contributed by atoms with van der Waals surface area (Å²) in [4.78, 5) is 24.4. The first-order chi connectivity index (χ1) is 15.2. The highest BCUT2D eigenvalue weighted by Gasteiger charge is 2.14. The van der Waals surface area contributed by atoms with Crippen LogP contribution in [0.2, 0.25) is 0 Å². The quantitative estimate of drug-likeness (QED) is 0.418. The molecule has 0 spiro atoms. The Labute approximate surface area is 177 Å². The molecular formula is C24H18N4O3. The van der Waals surface area contributed by atoms with Crippen LogP contribution in [0.5, 0.6) is 17.4 Å². The number of ether oxygens (including phenoxy) is 2. The van der Waals surface area contributed by atoms with Gasteiger partial charge in [-0.25, -0.2) is 9.97 Å². The van der Waals surface area contributed by atoms with Gasteiger partial charge in [0.15, 0.2) is 0 Å². The van der Waals surface area contributed by atoms with Gasteiger partial charge in [-0.3, -0.25) is 4.79 Å². The van der Waals surface area contributed by atoms with Crippen molar-refractivity contribution in [2.45, 2.75) is 0 Å². The van der Waals surface area contributed by atoms with E-state index >= 15 is 0 Å². The fraction of sp³-hybridized carbons (Fsp3) is 0.0417. The number of carbonyl (C=O) groups excluding carboxylic acids is 1. The lowest BCUT2D eigenvalue weighted by Gasteiger charge is -2.12. The Hall–Kier alpha value is -4.39. The number of fused-ring (bicyclic) bond motifs is 2. The number of nitrogens with zero attached hydrogens (tertiary/aromatic N) is 2. The van der Waals surface area contributed by atoms with Crippen LogP contribution < -0.4 is 14.8 Å². The van der Waals surface area contributed by atoms with Crippen LogP contribution in [-0.2, 0) is 0 Å². The van der Waals surface area contributed by atoms with Crippen LogP contribution in [0.3, 0.4) is 0 Å². The minimum atomic E-state index is -0.214. The molecule has 0 aliphatic rings. The van der Waals surface area contributed by atoms with Crippen molar-refractivity contribution in [3.8, 4) is 17.4 Å². The number of carbonyl (C=O) groups is 1. The van der Waals surface area contributed by atoms with Crippen molar-refractivity contribution in [2.75, 3.05) is 12.4 Å². The number of H-pyrrole nitrogens is 1. The lowest BCUT2D eigenvalue weighted by atomic mass is 10.0. The molecule has 0 unspecified atom stereocenters. The Morgan fingerprint density at radius 3 is 2.77 bits per heavy atom. The van der Waals surface area contributed by atoms with E-state index in [0.29, 0.717) is 34.3 Å². The van der Waals surface area contributed by atoms with Crippen molar-refractivity contribution in [1.29, 1.82) is 0 Å². The van der Waals surface area contributed by atoms with Gasteiger partial charge in [-0.15, -0.1) is 0 Å². The van der Waals surface area contributed by atoms with E-state index in [1.807, 2.05) is 48.5 Å². The number of aromatic nitrogens is 3. The first-order valence-electron chi connectivity index (χ1n) is 9.66. The lowest BCUT2D eigenvalue weighted by Crippen LogP contribution is -2.13. The second-order valence-corrected chi connectivity index (χ2v) is 6.86. The molecule has 3 aromatic carbocycles. The van der Waals surface area contributed by atoms with Crippen LogP contribution in [-0.4, -0.2) is 28.0 Å². The van der Waals surface area contributed by atoms with Crippen LogP contribution >= 0.6 is 0 Å². The number of aromatic amines is 1. The number of anilines is 1.